The van der Waals surface area contributed by atoms with Gasteiger partial charge in [0.1, 0.15) is 0 Å². The van der Waals surface area contributed by atoms with Crippen LogP contribution >= 0.6 is 0 Å². The molecular weight excluding hydrogens is 161 g/mol. The van der Waals surface area contributed by atoms with Crippen molar-refractivity contribution in [3.05, 3.63) is 0 Å². The van der Waals surface area contributed by atoms with E-state index < -0.39 is 0 Å². The Morgan fingerprint density at radius 2 is 2.25 bits per heavy atom. The second-order valence-electron chi connectivity index (χ2n) is 4.93. The predicted molar refractivity (Wildman–Crippen MR) is 53.5 cm³/mol. The zero-order valence-corrected chi connectivity index (χ0v) is 9.50. The Labute approximate surface area is 82.2 Å². The summed E-state index contributed by atoms with van der Waals surface area (Å²) in [5.41, 5.74) is 0.800. The monoisotopic (exact) mass is 180 g/mol. The third-order valence-electron chi connectivity index (χ3n) is 3.51. The van der Waals surface area contributed by atoms with Gasteiger partial charge in [-0.2, -0.15) is 0 Å². The summed E-state index contributed by atoms with van der Waals surface area (Å²) in [5, 5.41) is 1.41. The Balaban J connectivity index is 1.79. The van der Waals surface area contributed by atoms with E-state index in [0.717, 1.165) is 11.3 Å². The molecule has 67 valence electrons. The standard InChI is InChI=1S/C9H16N.CH3.Al/c1-8-3-4-9(5-8)6-10(2)7-9;;/h8H,2-7H2,1H3;1H3;. The lowest BCUT2D eigenvalue weighted by Gasteiger charge is -2.49. The summed E-state index contributed by atoms with van der Waals surface area (Å²) in [7, 11) is 0. The Kier molecular flexibility index (Phi) is 2.52. The molecule has 2 fully saturated rings. The number of hydrogen-bond donors (Lipinski definition) is 0. The van der Waals surface area contributed by atoms with Crippen molar-refractivity contribution in [1.82, 2.24) is 4.90 Å². The summed E-state index contributed by atoms with van der Waals surface area (Å²) in [6.07, 6.45) is 4.53. The van der Waals surface area contributed by atoms with Crippen LogP contribution in [0.25, 0.3) is 0 Å². The summed E-state index contributed by atoms with van der Waals surface area (Å²) in [6, 6.07) is 0. The first kappa shape index (κ1) is 9.06. The molecule has 1 saturated carbocycles. The SMILES string of the molecule is [CH3][Al][CH2]N1CC2(CCC(C)C2)C1. The van der Waals surface area contributed by atoms with Gasteiger partial charge in [-0.15, -0.1) is 5.79 Å². The van der Waals surface area contributed by atoms with Crippen molar-refractivity contribution in [2.45, 2.75) is 32.0 Å². The lowest BCUT2D eigenvalue weighted by atomic mass is 9.78. The van der Waals surface area contributed by atoms with Crippen LogP contribution in [0.1, 0.15) is 26.2 Å². The minimum atomic E-state index is 0.696. The van der Waals surface area contributed by atoms with Crippen molar-refractivity contribution < 1.29 is 0 Å². The fourth-order valence-electron chi connectivity index (χ4n) is 3.07. The summed E-state index contributed by atoms with van der Waals surface area (Å²) in [6.45, 7) is 5.28. The molecule has 0 N–H and O–H groups in total. The van der Waals surface area contributed by atoms with Crippen LogP contribution in [-0.4, -0.2) is 38.6 Å². The van der Waals surface area contributed by atoms with Gasteiger partial charge in [0, 0.05) is 13.1 Å². The van der Waals surface area contributed by atoms with Crippen molar-refractivity contribution in [1.29, 1.82) is 0 Å². The van der Waals surface area contributed by atoms with Gasteiger partial charge >= 0.3 is 0 Å². The zero-order valence-electron chi connectivity index (χ0n) is 8.34. The first-order chi connectivity index (χ1) is 5.74. The van der Waals surface area contributed by atoms with Gasteiger partial charge in [-0.3, -0.25) is 0 Å². The summed E-state index contributed by atoms with van der Waals surface area (Å²) in [4.78, 5) is 2.66. The van der Waals surface area contributed by atoms with Crippen LogP contribution in [0.5, 0.6) is 0 Å². The summed E-state index contributed by atoms with van der Waals surface area (Å²) < 4.78 is 0. The maximum absolute atomic E-state index is 2.66. The molecule has 1 aliphatic heterocycles. The molecule has 0 aromatic heterocycles. The fraction of sp³-hybridized carbons (Fsp3) is 1.00. The van der Waals surface area contributed by atoms with E-state index in [4.69, 9.17) is 0 Å². The van der Waals surface area contributed by atoms with Crippen molar-refractivity contribution in [3.63, 3.8) is 0 Å². The number of rotatable bonds is 2. The maximum atomic E-state index is 2.66. The van der Waals surface area contributed by atoms with Crippen LogP contribution in [0.15, 0.2) is 0 Å². The average Bonchev–Trinajstić information content (AvgIpc) is 2.31. The molecule has 1 atom stereocenters. The molecule has 0 aromatic carbocycles. The Bertz CT molecular complexity index is 163. The molecule has 0 bridgehead atoms. The highest BCUT2D eigenvalue weighted by atomic mass is 27.1. The van der Waals surface area contributed by atoms with Crippen molar-refractivity contribution in [2.24, 2.45) is 11.3 Å². The molecule has 12 heavy (non-hydrogen) atoms. The smallest absolute Gasteiger partial charge is 0.219 e. The van der Waals surface area contributed by atoms with Crippen LogP contribution in [0.3, 0.4) is 0 Å². The van der Waals surface area contributed by atoms with Gasteiger partial charge < -0.3 is 4.90 Å². The highest BCUT2D eigenvalue weighted by Gasteiger charge is 2.45. The van der Waals surface area contributed by atoms with Gasteiger partial charge in [0.25, 0.3) is 0 Å². The first-order valence-electron chi connectivity index (χ1n) is 5.24. The van der Waals surface area contributed by atoms with Crippen LogP contribution in [-0.2, 0) is 0 Å². The Morgan fingerprint density at radius 3 is 2.75 bits per heavy atom. The molecular formula is C10H19AlN. The van der Waals surface area contributed by atoms with E-state index in [1.807, 2.05) is 0 Å². The normalized spacial score (nSPS) is 33.7. The maximum Gasteiger partial charge on any atom is 0.219 e. The third kappa shape index (κ3) is 1.58. The quantitative estimate of drug-likeness (QED) is 0.586. The molecule has 2 aliphatic rings. The van der Waals surface area contributed by atoms with Crippen molar-refractivity contribution in [3.8, 4) is 0 Å². The Hall–Kier alpha value is 0.492. The highest BCUT2D eigenvalue weighted by molar-refractivity contribution is 6.33. The molecule has 1 nitrogen and oxygen atoms in total. The fourth-order valence-corrected chi connectivity index (χ4v) is 3.85. The molecule has 0 aromatic rings. The van der Waals surface area contributed by atoms with E-state index in [1.54, 1.807) is 0 Å². The third-order valence-corrected chi connectivity index (χ3v) is 4.39. The van der Waals surface area contributed by atoms with Crippen molar-refractivity contribution in [2.75, 3.05) is 18.5 Å². The van der Waals surface area contributed by atoms with Gasteiger partial charge in [0.2, 0.25) is 15.2 Å². The number of nitrogens with zero attached hydrogens (tertiary/aromatic N) is 1. The topological polar surface area (TPSA) is 3.24 Å². The van der Waals surface area contributed by atoms with Crippen LogP contribution in [0.4, 0.5) is 0 Å². The first-order valence-corrected chi connectivity index (χ1v) is 7.21. The van der Waals surface area contributed by atoms with E-state index in [0.29, 0.717) is 15.2 Å². The van der Waals surface area contributed by atoms with Gasteiger partial charge in [-0.25, -0.2) is 0 Å². The molecule has 1 heterocycles. The Morgan fingerprint density at radius 1 is 1.50 bits per heavy atom. The minimum Gasteiger partial charge on any atom is -0.316 e. The molecule has 2 heteroatoms. The van der Waals surface area contributed by atoms with Crippen molar-refractivity contribution >= 4 is 15.2 Å². The number of hydrogen-bond acceptors (Lipinski definition) is 1. The lowest BCUT2D eigenvalue weighted by molar-refractivity contribution is 0.0183. The summed E-state index contributed by atoms with van der Waals surface area (Å²) >= 11 is 0.696. The van der Waals surface area contributed by atoms with Crippen LogP contribution in [0, 0.1) is 11.3 Å². The van der Waals surface area contributed by atoms with E-state index in [-0.39, 0.29) is 0 Å². The predicted octanol–water partition coefficient (Wildman–Crippen LogP) is 1.82. The van der Waals surface area contributed by atoms with Gasteiger partial charge in [0.05, 0.1) is 0 Å². The zero-order chi connectivity index (χ0) is 8.60. The van der Waals surface area contributed by atoms with Gasteiger partial charge in [-0.1, -0.05) is 18.8 Å². The van der Waals surface area contributed by atoms with Gasteiger partial charge in [0.15, 0.2) is 0 Å². The van der Waals surface area contributed by atoms with E-state index in [2.05, 4.69) is 17.6 Å². The second-order valence-corrected chi connectivity index (χ2v) is 6.11. The van der Waals surface area contributed by atoms with E-state index in [1.165, 1.54) is 37.8 Å². The van der Waals surface area contributed by atoms with Crippen LogP contribution < -0.4 is 0 Å². The molecule has 1 spiro atoms. The molecule has 1 unspecified atom stereocenters. The summed E-state index contributed by atoms with van der Waals surface area (Å²) in [5.74, 6) is 3.38. The molecule has 1 aliphatic carbocycles. The van der Waals surface area contributed by atoms with E-state index >= 15 is 0 Å². The van der Waals surface area contributed by atoms with Crippen LogP contribution in [0.2, 0.25) is 5.79 Å². The number of likely N-dealkylation sites (tertiary alicyclic amines) is 1. The average molecular weight is 180 g/mol. The minimum absolute atomic E-state index is 0.696. The second kappa shape index (κ2) is 3.33. The molecule has 1 radical (unpaired) electrons. The lowest BCUT2D eigenvalue weighted by Crippen LogP contribution is -2.55. The molecule has 1 saturated heterocycles. The van der Waals surface area contributed by atoms with E-state index in [9.17, 15) is 0 Å². The molecule has 0 amide bonds. The largest absolute Gasteiger partial charge is 0.316 e. The molecule has 2 rings (SSSR count). The highest BCUT2D eigenvalue weighted by Crippen LogP contribution is 2.47. The van der Waals surface area contributed by atoms with Gasteiger partial charge in [-0.05, 0) is 24.2 Å².